The van der Waals surface area contributed by atoms with Gasteiger partial charge in [0.1, 0.15) is 5.82 Å². The van der Waals surface area contributed by atoms with Crippen LogP contribution in [0.1, 0.15) is 32.7 Å². The van der Waals surface area contributed by atoms with Gasteiger partial charge < -0.3 is 5.32 Å². The van der Waals surface area contributed by atoms with E-state index in [0.29, 0.717) is 34.5 Å². The molecule has 2 aromatic carbocycles. The van der Waals surface area contributed by atoms with Gasteiger partial charge in [-0.15, -0.1) is 0 Å². The van der Waals surface area contributed by atoms with Crippen LogP contribution in [-0.4, -0.2) is 25.6 Å². The molecule has 5 nitrogen and oxygen atoms in total. The topological polar surface area (TPSA) is 76.1 Å². The molecule has 0 radical (unpaired) electrons. The third-order valence-corrected chi connectivity index (χ3v) is 5.65. The average Bonchev–Trinajstić information content (AvgIpc) is 2.69. The molecule has 0 unspecified atom stereocenters. The van der Waals surface area contributed by atoms with Gasteiger partial charge in [-0.05, 0) is 66.9 Å². The lowest BCUT2D eigenvalue weighted by molar-refractivity contribution is -0.137. The highest BCUT2D eigenvalue weighted by Crippen LogP contribution is 2.33. The molecule has 0 saturated heterocycles. The van der Waals surface area contributed by atoms with Crippen LogP contribution in [0.15, 0.2) is 48.7 Å². The molecule has 174 valence electrons. The van der Waals surface area contributed by atoms with Crippen LogP contribution in [0.5, 0.6) is 0 Å². The van der Waals surface area contributed by atoms with Crippen LogP contribution in [0, 0.1) is 19.7 Å². The summed E-state index contributed by atoms with van der Waals surface area (Å²) in [5.74, 6) is -2.04. The van der Waals surface area contributed by atoms with Gasteiger partial charge in [0.15, 0.2) is 9.84 Å². The van der Waals surface area contributed by atoms with E-state index in [2.05, 4.69) is 10.3 Å². The first kappa shape index (κ1) is 24.4. The minimum Gasteiger partial charge on any atom is -0.320 e. The summed E-state index contributed by atoms with van der Waals surface area (Å²) in [5, 5.41) is 2.53. The molecule has 0 aliphatic carbocycles. The van der Waals surface area contributed by atoms with Gasteiger partial charge in [-0.3, -0.25) is 9.78 Å². The van der Waals surface area contributed by atoms with Crippen molar-refractivity contribution < 1.29 is 30.8 Å². The van der Waals surface area contributed by atoms with Crippen molar-refractivity contribution in [3.8, 4) is 11.1 Å². The molecule has 0 fully saturated rings. The van der Waals surface area contributed by atoms with E-state index in [1.807, 2.05) is 0 Å². The van der Waals surface area contributed by atoms with E-state index in [1.165, 1.54) is 18.3 Å². The van der Waals surface area contributed by atoms with Crippen molar-refractivity contribution in [2.45, 2.75) is 25.8 Å². The Balaban J connectivity index is 2.06. The van der Waals surface area contributed by atoms with E-state index >= 15 is 0 Å². The average molecular weight is 480 g/mol. The molecule has 1 aromatic heterocycles. The number of aryl methyl sites for hydroxylation is 2. The second-order valence-corrected chi connectivity index (χ2v) is 9.91. The number of alkyl halides is 3. The lowest BCUT2D eigenvalue weighted by atomic mass is 9.99. The molecule has 1 amide bonds. The molecule has 0 atom stereocenters. The van der Waals surface area contributed by atoms with E-state index in [-0.39, 0.29) is 16.8 Å². The first-order valence-electron chi connectivity index (χ1n) is 9.66. The molecule has 0 spiro atoms. The Hall–Kier alpha value is -3.27. The zero-order chi connectivity index (χ0) is 24.6. The lowest BCUT2D eigenvalue weighted by Crippen LogP contribution is -2.16. The van der Waals surface area contributed by atoms with Gasteiger partial charge in [0.2, 0.25) is 0 Å². The number of halogens is 4. The number of nitrogens with one attached hydrogen (secondary N) is 1. The Kier molecular flexibility index (Phi) is 6.60. The van der Waals surface area contributed by atoms with Crippen molar-refractivity contribution in [3.63, 3.8) is 0 Å². The largest absolute Gasteiger partial charge is 0.416 e. The maximum atomic E-state index is 13.9. The lowest BCUT2D eigenvalue weighted by Gasteiger charge is -2.15. The SMILES string of the molecule is Cc1cc(-c2cc(F)ccc2C)c(NC(=O)c2cc(CS(C)(=O)=O)cc(C(F)(F)F)c2)cn1. The fourth-order valence-corrected chi connectivity index (χ4v) is 4.11. The molecule has 1 heterocycles. The van der Waals surface area contributed by atoms with E-state index in [9.17, 15) is 30.8 Å². The second kappa shape index (κ2) is 8.93. The highest BCUT2D eigenvalue weighted by atomic mass is 32.2. The van der Waals surface area contributed by atoms with Crippen LogP contribution in [0.3, 0.4) is 0 Å². The Morgan fingerprint density at radius 1 is 1.03 bits per heavy atom. The Morgan fingerprint density at radius 2 is 1.73 bits per heavy atom. The molecular weight excluding hydrogens is 460 g/mol. The fourth-order valence-electron chi connectivity index (χ4n) is 3.33. The smallest absolute Gasteiger partial charge is 0.320 e. The summed E-state index contributed by atoms with van der Waals surface area (Å²) in [6.45, 7) is 3.45. The normalized spacial score (nSPS) is 12.0. The fraction of sp³-hybridized carbons (Fsp3) is 0.217. The number of pyridine rings is 1. The maximum Gasteiger partial charge on any atom is 0.416 e. The standard InChI is InChI=1S/C23H20F4N2O3S/c1-13-4-5-18(24)10-19(13)20-6-14(2)28-11-21(20)29-22(30)16-7-15(12-33(3,31)32)8-17(9-16)23(25,26)27/h4-11H,12H2,1-3H3,(H,29,30). The van der Waals surface area contributed by atoms with Gasteiger partial charge in [-0.2, -0.15) is 13.2 Å². The molecule has 33 heavy (non-hydrogen) atoms. The Morgan fingerprint density at radius 3 is 2.36 bits per heavy atom. The van der Waals surface area contributed by atoms with E-state index in [1.54, 1.807) is 26.0 Å². The zero-order valence-electron chi connectivity index (χ0n) is 17.9. The number of hydrogen-bond donors (Lipinski definition) is 1. The summed E-state index contributed by atoms with van der Waals surface area (Å²) >= 11 is 0. The van der Waals surface area contributed by atoms with Gasteiger partial charge in [0.25, 0.3) is 5.91 Å². The van der Waals surface area contributed by atoms with Crippen LogP contribution >= 0.6 is 0 Å². The van der Waals surface area contributed by atoms with Gasteiger partial charge >= 0.3 is 6.18 Å². The third-order valence-electron chi connectivity index (χ3n) is 4.79. The van der Waals surface area contributed by atoms with E-state index in [0.717, 1.165) is 12.3 Å². The number of rotatable bonds is 5. The molecule has 0 saturated carbocycles. The van der Waals surface area contributed by atoms with Gasteiger partial charge in [-0.1, -0.05) is 6.07 Å². The summed E-state index contributed by atoms with van der Waals surface area (Å²) in [5.41, 5.74) is 0.715. The van der Waals surface area contributed by atoms with Gasteiger partial charge in [0, 0.05) is 23.1 Å². The first-order chi connectivity index (χ1) is 15.2. The molecule has 0 bridgehead atoms. The number of benzene rings is 2. The van der Waals surface area contributed by atoms with Crippen LogP contribution in [-0.2, 0) is 21.8 Å². The number of carbonyl (C=O) groups excluding carboxylic acids is 1. The van der Waals surface area contributed by atoms with Crippen molar-refractivity contribution in [1.82, 2.24) is 4.98 Å². The molecule has 10 heteroatoms. The molecule has 3 rings (SSSR count). The molecular formula is C23H20F4N2O3S. The number of hydrogen-bond acceptors (Lipinski definition) is 4. The molecule has 3 aromatic rings. The van der Waals surface area contributed by atoms with E-state index < -0.39 is 39.1 Å². The minimum absolute atomic E-state index is 0.166. The summed E-state index contributed by atoms with van der Waals surface area (Å²) < 4.78 is 77.2. The number of carbonyl (C=O) groups is 1. The molecule has 1 N–H and O–H groups in total. The van der Waals surface area contributed by atoms with Crippen molar-refractivity contribution in [1.29, 1.82) is 0 Å². The number of sulfone groups is 1. The number of nitrogens with zero attached hydrogens (tertiary/aromatic N) is 1. The summed E-state index contributed by atoms with van der Waals surface area (Å²) in [7, 11) is -3.64. The van der Waals surface area contributed by atoms with Crippen molar-refractivity contribution in [2.75, 3.05) is 11.6 Å². The summed E-state index contributed by atoms with van der Waals surface area (Å²) in [6.07, 6.45) is -2.56. The Bertz CT molecular complexity index is 1340. The monoisotopic (exact) mass is 480 g/mol. The number of amides is 1. The summed E-state index contributed by atoms with van der Waals surface area (Å²) in [6, 6.07) is 8.21. The molecule has 0 aliphatic heterocycles. The second-order valence-electron chi connectivity index (χ2n) is 7.77. The highest BCUT2D eigenvalue weighted by molar-refractivity contribution is 7.89. The molecule has 0 aliphatic rings. The van der Waals surface area contributed by atoms with Crippen LogP contribution < -0.4 is 5.32 Å². The Labute approximate surface area is 188 Å². The van der Waals surface area contributed by atoms with Crippen LogP contribution in [0.25, 0.3) is 11.1 Å². The number of anilines is 1. The van der Waals surface area contributed by atoms with Gasteiger partial charge in [-0.25, -0.2) is 12.8 Å². The predicted molar refractivity (Wildman–Crippen MR) is 117 cm³/mol. The maximum absolute atomic E-state index is 13.9. The highest BCUT2D eigenvalue weighted by Gasteiger charge is 2.32. The predicted octanol–water partition coefficient (Wildman–Crippen LogP) is 5.32. The first-order valence-corrected chi connectivity index (χ1v) is 11.7. The van der Waals surface area contributed by atoms with E-state index in [4.69, 9.17) is 0 Å². The summed E-state index contributed by atoms with van der Waals surface area (Å²) in [4.78, 5) is 17.0. The minimum atomic E-state index is -4.78. The van der Waals surface area contributed by atoms with Crippen molar-refractivity contribution in [2.24, 2.45) is 0 Å². The zero-order valence-corrected chi connectivity index (χ0v) is 18.7. The number of aromatic nitrogens is 1. The third kappa shape index (κ3) is 6.16. The van der Waals surface area contributed by atoms with Crippen molar-refractivity contribution in [3.05, 3.63) is 82.4 Å². The van der Waals surface area contributed by atoms with Gasteiger partial charge in [0.05, 0.1) is 23.2 Å². The quantitative estimate of drug-likeness (QED) is 0.502. The van der Waals surface area contributed by atoms with Crippen LogP contribution in [0.2, 0.25) is 0 Å². The van der Waals surface area contributed by atoms with Crippen molar-refractivity contribution >= 4 is 21.4 Å². The van der Waals surface area contributed by atoms with Crippen LogP contribution in [0.4, 0.5) is 23.2 Å².